The van der Waals surface area contributed by atoms with Crippen LogP contribution >= 0.6 is 0 Å². The Morgan fingerprint density at radius 3 is 0.667 bits per heavy atom. The molecule has 0 N–H and O–H groups in total. The molecule has 54 heavy (non-hydrogen) atoms. The van der Waals surface area contributed by atoms with Crippen LogP contribution in [0.15, 0.2) is 0 Å². The van der Waals surface area contributed by atoms with Gasteiger partial charge in [0.25, 0.3) is 0 Å². The summed E-state index contributed by atoms with van der Waals surface area (Å²) in [7, 11) is 0. The summed E-state index contributed by atoms with van der Waals surface area (Å²) >= 11 is 0. The molecule has 2 unspecified atom stereocenters. The second-order valence-corrected chi connectivity index (χ2v) is 17.6. The summed E-state index contributed by atoms with van der Waals surface area (Å²) in [5, 5.41) is 0. The molecule has 0 saturated carbocycles. The van der Waals surface area contributed by atoms with Crippen LogP contribution in [0.4, 0.5) is 0 Å². The number of hydrogen-bond donors (Lipinski definition) is 0. The van der Waals surface area contributed by atoms with Crippen LogP contribution in [-0.2, 0) is 19.1 Å². The van der Waals surface area contributed by atoms with Gasteiger partial charge in [0.2, 0.25) is 0 Å². The first kappa shape index (κ1) is 56.0. The predicted molar refractivity (Wildman–Crippen MR) is 239 cm³/mol. The molecule has 318 valence electrons. The molecule has 0 aromatic carbocycles. The van der Waals surface area contributed by atoms with Crippen LogP contribution in [0.2, 0.25) is 0 Å². The van der Waals surface area contributed by atoms with Crippen molar-refractivity contribution in [3.63, 3.8) is 0 Å². The van der Waals surface area contributed by atoms with E-state index in [2.05, 4.69) is 41.5 Å². The Balaban J connectivity index is 0. The van der Waals surface area contributed by atoms with Crippen molar-refractivity contribution >= 4 is 41.5 Å². The van der Waals surface area contributed by atoms with Crippen molar-refractivity contribution < 1.29 is 19.1 Å². The number of rotatable bonds is 42. The summed E-state index contributed by atoms with van der Waals surface area (Å²) in [6.45, 7) is 13.3. The van der Waals surface area contributed by atoms with E-state index in [0.29, 0.717) is 0 Å². The zero-order chi connectivity index (χ0) is 39.1. The Kier molecular flexibility index (Phi) is 42.7. The number of carbonyl (C=O) groups excluding carboxylic acids is 2. The average Bonchev–Trinajstić information content (AvgIpc) is 3.12. The van der Waals surface area contributed by atoms with Crippen LogP contribution in [0, 0.1) is 0 Å². The molecule has 0 aromatic rings. The number of ether oxygens (including phenoxy) is 2. The van der Waals surface area contributed by atoms with E-state index < -0.39 is 23.1 Å². The van der Waals surface area contributed by atoms with Gasteiger partial charge in [0.15, 0.2) is 0 Å². The van der Waals surface area contributed by atoms with Gasteiger partial charge in [-0.1, -0.05) is 220 Å². The van der Waals surface area contributed by atoms with Crippen LogP contribution in [0.1, 0.15) is 292 Å². The van der Waals surface area contributed by atoms with Crippen molar-refractivity contribution in [1.82, 2.24) is 0 Å². The molecule has 0 rings (SSSR count). The standard InChI is InChI=1S/C49H96O4.Na.H/c1-7-11-15-19-23-25-27-31-35-39-43-48(5,41-37-33-29-21-17-13-9-3)52-46(50)45-47(51)53-49(6,42-38-34-30-22-18-14-10-4)44-40-36-32-28-26-24-20-16-12-8-2;;/h7-45H2,1-6H3;;. The Hall–Kier alpha value is -0.0600. The Morgan fingerprint density at radius 1 is 0.315 bits per heavy atom. The van der Waals surface area contributed by atoms with Crippen molar-refractivity contribution in [2.75, 3.05) is 0 Å². The summed E-state index contributed by atoms with van der Waals surface area (Å²) in [5.74, 6) is -0.797. The van der Waals surface area contributed by atoms with E-state index >= 15 is 0 Å². The van der Waals surface area contributed by atoms with Gasteiger partial charge in [-0.25, -0.2) is 0 Å². The molecular formula is C49H97NaO4. The zero-order valence-corrected chi connectivity index (χ0v) is 37.2. The molecule has 5 heteroatoms. The minimum atomic E-state index is -0.502. The topological polar surface area (TPSA) is 52.6 Å². The number of esters is 2. The third-order valence-corrected chi connectivity index (χ3v) is 11.7. The van der Waals surface area contributed by atoms with E-state index in [1.807, 2.05) is 0 Å². The van der Waals surface area contributed by atoms with Gasteiger partial charge in [0, 0.05) is 0 Å². The molecule has 2 atom stereocenters. The second-order valence-electron chi connectivity index (χ2n) is 17.6. The van der Waals surface area contributed by atoms with E-state index in [9.17, 15) is 9.59 Å². The van der Waals surface area contributed by atoms with Gasteiger partial charge in [-0.3, -0.25) is 9.59 Å². The van der Waals surface area contributed by atoms with Gasteiger partial charge in [-0.15, -0.1) is 0 Å². The van der Waals surface area contributed by atoms with Crippen LogP contribution in [-0.4, -0.2) is 52.7 Å². The fourth-order valence-corrected chi connectivity index (χ4v) is 8.08. The Bertz CT molecular complexity index is 739. The van der Waals surface area contributed by atoms with Crippen LogP contribution in [0.25, 0.3) is 0 Å². The third kappa shape index (κ3) is 37.5. The molecule has 0 saturated heterocycles. The fourth-order valence-electron chi connectivity index (χ4n) is 8.08. The Labute approximate surface area is 361 Å². The first-order chi connectivity index (χ1) is 25.7. The van der Waals surface area contributed by atoms with Gasteiger partial charge in [0.05, 0.1) is 0 Å². The maximum absolute atomic E-state index is 13.4. The molecule has 4 nitrogen and oxygen atoms in total. The van der Waals surface area contributed by atoms with Crippen LogP contribution < -0.4 is 0 Å². The van der Waals surface area contributed by atoms with E-state index in [1.54, 1.807) is 0 Å². The minimum absolute atomic E-state index is 0. The monoisotopic (exact) mass is 773 g/mol. The van der Waals surface area contributed by atoms with Gasteiger partial charge in [0.1, 0.15) is 17.6 Å². The average molecular weight is 773 g/mol. The van der Waals surface area contributed by atoms with E-state index in [1.165, 1.54) is 193 Å². The second kappa shape index (κ2) is 41.1. The molecule has 0 radical (unpaired) electrons. The predicted octanol–water partition coefficient (Wildman–Crippen LogP) is 16.2. The van der Waals surface area contributed by atoms with Gasteiger partial charge >= 0.3 is 41.5 Å². The molecule has 0 aliphatic carbocycles. The van der Waals surface area contributed by atoms with Gasteiger partial charge < -0.3 is 9.47 Å². The van der Waals surface area contributed by atoms with Crippen LogP contribution in [0.5, 0.6) is 0 Å². The molecule has 0 fully saturated rings. The number of hydrogen-bond acceptors (Lipinski definition) is 4. The van der Waals surface area contributed by atoms with Crippen molar-refractivity contribution in [3.05, 3.63) is 0 Å². The van der Waals surface area contributed by atoms with Crippen LogP contribution in [0.3, 0.4) is 0 Å². The van der Waals surface area contributed by atoms with E-state index in [4.69, 9.17) is 9.47 Å². The molecular weight excluding hydrogens is 676 g/mol. The molecule has 0 heterocycles. The summed E-state index contributed by atoms with van der Waals surface area (Å²) in [6, 6.07) is 0. The molecule has 0 amide bonds. The van der Waals surface area contributed by atoms with Crippen molar-refractivity contribution in [3.8, 4) is 0 Å². The van der Waals surface area contributed by atoms with Crippen molar-refractivity contribution in [1.29, 1.82) is 0 Å². The first-order valence-corrected chi connectivity index (χ1v) is 24.2. The normalized spacial score (nSPS) is 13.6. The zero-order valence-electron chi connectivity index (χ0n) is 37.2. The Morgan fingerprint density at radius 2 is 0.481 bits per heavy atom. The molecule has 0 aromatic heterocycles. The van der Waals surface area contributed by atoms with E-state index in [0.717, 1.165) is 51.4 Å². The number of carbonyl (C=O) groups is 2. The molecule has 0 aliphatic heterocycles. The van der Waals surface area contributed by atoms with Crippen molar-refractivity contribution in [2.24, 2.45) is 0 Å². The third-order valence-electron chi connectivity index (χ3n) is 11.7. The summed E-state index contributed by atoms with van der Waals surface area (Å²) in [4.78, 5) is 26.7. The number of unbranched alkanes of at least 4 members (excludes halogenated alkanes) is 30. The van der Waals surface area contributed by atoms with Crippen molar-refractivity contribution in [2.45, 2.75) is 303 Å². The molecule has 0 spiro atoms. The summed E-state index contributed by atoms with van der Waals surface area (Å²) in [5.41, 5.74) is -1.00. The molecule has 0 bridgehead atoms. The summed E-state index contributed by atoms with van der Waals surface area (Å²) in [6.07, 6.45) is 46.7. The van der Waals surface area contributed by atoms with E-state index in [-0.39, 0.29) is 36.0 Å². The quantitative estimate of drug-likeness (QED) is 0.0268. The van der Waals surface area contributed by atoms with Gasteiger partial charge in [-0.05, 0) is 65.2 Å². The first-order valence-electron chi connectivity index (χ1n) is 24.2. The molecule has 0 aliphatic rings. The summed E-state index contributed by atoms with van der Waals surface area (Å²) < 4.78 is 12.4. The SMILES string of the molecule is CCCCCCCCCCCCC(C)(CCCCCCCCC)OC(=O)CC(=O)OC(C)(CCCCCCCCC)CCCCCCCCCCCC.[NaH]. The van der Waals surface area contributed by atoms with Gasteiger partial charge in [-0.2, -0.15) is 0 Å². The maximum atomic E-state index is 13.4. The fraction of sp³-hybridized carbons (Fsp3) is 0.959.